The molecule has 0 amide bonds. The van der Waals surface area contributed by atoms with E-state index in [9.17, 15) is 9.90 Å². The highest BCUT2D eigenvalue weighted by Crippen LogP contribution is 2.34. The molecule has 0 heterocycles. The summed E-state index contributed by atoms with van der Waals surface area (Å²) in [6.45, 7) is 3.70. The van der Waals surface area contributed by atoms with Crippen LogP contribution in [0.1, 0.15) is 36.2 Å². The lowest BCUT2D eigenvalue weighted by Gasteiger charge is -2.16. The number of carbonyl (C=O) groups is 1. The van der Waals surface area contributed by atoms with Crippen LogP contribution in [0.25, 0.3) is 0 Å². The lowest BCUT2D eigenvalue weighted by Crippen LogP contribution is -2.13. The molecule has 0 aliphatic carbocycles. The molecule has 0 bridgehead atoms. The molecule has 0 spiro atoms. The van der Waals surface area contributed by atoms with Crippen molar-refractivity contribution in [3.63, 3.8) is 0 Å². The number of hydrogen-bond acceptors (Lipinski definition) is 4. The van der Waals surface area contributed by atoms with Gasteiger partial charge in [-0.1, -0.05) is 13.8 Å². The van der Waals surface area contributed by atoms with Gasteiger partial charge >= 0.3 is 0 Å². The third-order valence-electron chi connectivity index (χ3n) is 3.05. The fourth-order valence-corrected chi connectivity index (χ4v) is 1.75. The van der Waals surface area contributed by atoms with E-state index in [2.05, 4.69) is 0 Å². The van der Waals surface area contributed by atoms with Gasteiger partial charge in [-0.3, -0.25) is 4.79 Å². The van der Waals surface area contributed by atoms with Crippen LogP contribution in [-0.2, 0) is 6.61 Å². The van der Waals surface area contributed by atoms with Crippen molar-refractivity contribution in [1.29, 1.82) is 0 Å². The van der Waals surface area contributed by atoms with Crippen molar-refractivity contribution in [1.82, 2.24) is 0 Å². The van der Waals surface area contributed by atoms with E-state index >= 15 is 0 Å². The van der Waals surface area contributed by atoms with Crippen LogP contribution in [0.5, 0.6) is 11.5 Å². The molecule has 0 saturated carbocycles. The van der Waals surface area contributed by atoms with Gasteiger partial charge in [0.1, 0.15) is 0 Å². The molecule has 0 aromatic heterocycles. The molecule has 0 fully saturated rings. The quantitative estimate of drug-likeness (QED) is 0.790. The fraction of sp³-hybridized carbons (Fsp3) is 0.500. The Morgan fingerprint density at radius 1 is 1.33 bits per heavy atom. The van der Waals surface area contributed by atoms with Crippen LogP contribution < -0.4 is 9.47 Å². The molecule has 1 unspecified atom stereocenters. The molecule has 1 aromatic rings. The van der Waals surface area contributed by atoms with Gasteiger partial charge in [-0.25, -0.2) is 0 Å². The van der Waals surface area contributed by atoms with E-state index in [0.29, 0.717) is 22.6 Å². The van der Waals surface area contributed by atoms with Gasteiger partial charge in [-0.2, -0.15) is 0 Å². The summed E-state index contributed by atoms with van der Waals surface area (Å²) < 4.78 is 10.4. The summed E-state index contributed by atoms with van der Waals surface area (Å²) in [5, 5.41) is 9.22. The summed E-state index contributed by atoms with van der Waals surface area (Å²) in [7, 11) is 3.01. The number of benzene rings is 1. The van der Waals surface area contributed by atoms with Crippen LogP contribution in [0.2, 0.25) is 0 Å². The SMILES string of the molecule is CCC(C)C(=O)c1cc(CO)cc(OC)c1OC. The summed E-state index contributed by atoms with van der Waals surface area (Å²) in [5.74, 6) is 0.816. The lowest BCUT2D eigenvalue weighted by molar-refractivity contribution is 0.0923. The summed E-state index contributed by atoms with van der Waals surface area (Å²) in [5.41, 5.74) is 1.11. The Balaban J connectivity index is 3.35. The first kappa shape index (κ1) is 14.5. The average Bonchev–Trinajstić information content (AvgIpc) is 2.43. The Hall–Kier alpha value is -1.55. The van der Waals surface area contributed by atoms with Crippen molar-refractivity contribution in [2.45, 2.75) is 26.9 Å². The van der Waals surface area contributed by atoms with Gasteiger partial charge < -0.3 is 14.6 Å². The minimum Gasteiger partial charge on any atom is -0.493 e. The summed E-state index contributed by atoms with van der Waals surface area (Å²) in [4.78, 5) is 12.3. The predicted octanol–water partition coefficient (Wildman–Crippen LogP) is 2.42. The van der Waals surface area contributed by atoms with E-state index in [1.165, 1.54) is 14.2 Å². The highest BCUT2D eigenvalue weighted by molar-refractivity contribution is 6.01. The molecule has 1 atom stereocenters. The number of aliphatic hydroxyl groups is 1. The van der Waals surface area contributed by atoms with Gasteiger partial charge in [0.05, 0.1) is 26.4 Å². The minimum absolute atomic E-state index is 0.00273. The van der Waals surface area contributed by atoms with Crippen LogP contribution in [0.15, 0.2) is 12.1 Å². The minimum atomic E-state index is -0.138. The molecular formula is C14H20O4. The standard InChI is InChI=1S/C14H20O4/c1-5-9(2)13(16)11-6-10(8-15)7-12(17-3)14(11)18-4/h6-7,9,15H,5,8H2,1-4H3. The first-order valence-corrected chi connectivity index (χ1v) is 5.98. The van der Waals surface area contributed by atoms with Gasteiger partial charge in [0.15, 0.2) is 17.3 Å². The van der Waals surface area contributed by atoms with Crippen LogP contribution in [0.3, 0.4) is 0 Å². The van der Waals surface area contributed by atoms with E-state index in [1.807, 2.05) is 13.8 Å². The number of Topliss-reactive ketones (excluding diaryl/α,β-unsaturated/α-hetero) is 1. The Labute approximate surface area is 108 Å². The molecule has 0 aliphatic rings. The predicted molar refractivity (Wildman–Crippen MR) is 69.3 cm³/mol. The summed E-state index contributed by atoms with van der Waals surface area (Å²) >= 11 is 0. The van der Waals surface area contributed by atoms with Crippen LogP contribution >= 0.6 is 0 Å². The largest absolute Gasteiger partial charge is 0.493 e. The zero-order valence-electron chi connectivity index (χ0n) is 11.3. The topological polar surface area (TPSA) is 55.8 Å². The van der Waals surface area contributed by atoms with Gasteiger partial charge in [-0.05, 0) is 24.1 Å². The first-order valence-electron chi connectivity index (χ1n) is 5.98. The molecule has 1 N–H and O–H groups in total. The number of methoxy groups -OCH3 is 2. The number of hydrogen-bond donors (Lipinski definition) is 1. The van der Waals surface area contributed by atoms with E-state index in [-0.39, 0.29) is 18.3 Å². The molecule has 1 aromatic carbocycles. The summed E-state index contributed by atoms with van der Waals surface area (Å²) in [6, 6.07) is 3.34. The third kappa shape index (κ3) is 2.82. The van der Waals surface area contributed by atoms with E-state index in [4.69, 9.17) is 9.47 Å². The molecule has 18 heavy (non-hydrogen) atoms. The number of aliphatic hydroxyl groups excluding tert-OH is 1. The molecule has 1 rings (SSSR count). The molecule has 0 radical (unpaired) electrons. The number of rotatable bonds is 6. The molecule has 100 valence electrons. The second kappa shape index (κ2) is 6.40. The van der Waals surface area contributed by atoms with Crippen molar-refractivity contribution in [3.8, 4) is 11.5 Å². The van der Waals surface area contributed by atoms with Crippen LogP contribution in [-0.4, -0.2) is 25.1 Å². The smallest absolute Gasteiger partial charge is 0.171 e. The molecule has 0 saturated heterocycles. The van der Waals surface area contributed by atoms with Crippen LogP contribution in [0, 0.1) is 5.92 Å². The molecular weight excluding hydrogens is 232 g/mol. The molecule has 4 nitrogen and oxygen atoms in total. The normalized spacial score (nSPS) is 12.1. The van der Waals surface area contributed by atoms with E-state index in [0.717, 1.165) is 6.42 Å². The second-order valence-electron chi connectivity index (χ2n) is 4.21. The monoisotopic (exact) mass is 252 g/mol. The Morgan fingerprint density at radius 2 is 2.00 bits per heavy atom. The molecule has 0 aliphatic heterocycles. The van der Waals surface area contributed by atoms with Crippen molar-refractivity contribution in [3.05, 3.63) is 23.3 Å². The van der Waals surface area contributed by atoms with Crippen molar-refractivity contribution < 1.29 is 19.4 Å². The lowest BCUT2D eigenvalue weighted by atomic mass is 9.95. The van der Waals surface area contributed by atoms with Crippen molar-refractivity contribution >= 4 is 5.78 Å². The Bertz CT molecular complexity index is 426. The zero-order valence-corrected chi connectivity index (χ0v) is 11.3. The van der Waals surface area contributed by atoms with Gasteiger partial charge in [-0.15, -0.1) is 0 Å². The third-order valence-corrected chi connectivity index (χ3v) is 3.05. The maximum absolute atomic E-state index is 12.3. The first-order chi connectivity index (χ1) is 8.58. The Morgan fingerprint density at radius 3 is 2.44 bits per heavy atom. The van der Waals surface area contributed by atoms with Crippen molar-refractivity contribution in [2.75, 3.05) is 14.2 Å². The van der Waals surface area contributed by atoms with E-state index in [1.54, 1.807) is 12.1 Å². The maximum atomic E-state index is 12.3. The average molecular weight is 252 g/mol. The van der Waals surface area contributed by atoms with Gasteiger partial charge in [0.2, 0.25) is 0 Å². The fourth-order valence-electron chi connectivity index (χ4n) is 1.75. The maximum Gasteiger partial charge on any atom is 0.171 e. The highest BCUT2D eigenvalue weighted by atomic mass is 16.5. The van der Waals surface area contributed by atoms with Crippen LogP contribution in [0.4, 0.5) is 0 Å². The van der Waals surface area contributed by atoms with Crippen molar-refractivity contribution in [2.24, 2.45) is 5.92 Å². The van der Waals surface area contributed by atoms with Gasteiger partial charge in [0.25, 0.3) is 0 Å². The summed E-state index contributed by atoms with van der Waals surface area (Å²) in [6.07, 6.45) is 0.758. The number of ketones is 1. The zero-order chi connectivity index (χ0) is 13.7. The number of ether oxygens (including phenoxy) is 2. The van der Waals surface area contributed by atoms with Gasteiger partial charge in [0, 0.05) is 5.92 Å². The highest BCUT2D eigenvalue weighted by Gasteiger charge is 2.21. The number of carbonyl (C=O) groups excluding carboxylic acids is 1. The molecule has 4 heteroatoms. The second-order valence-corrected chi connectivity index (χ2v) is 4.21. The van der Waals surface area contributed by atoms with E-state index < -0.39 is 0 Å². The Kier molecular flexibility index (Phi) is 5.16.